The van der Waals surface area contributed by atoms with E-state index < -0.39 is 0 Å². The fourth-order valence-corrected chi connectivity index (χ4v) is 3.00. The molecular formula is C24H30O4. The molecule has 0 aliphatic heterocycles. The van der Waals surface area contributed by atoms with Crippen LogP contribution >= 0.6 is 0 Å². The maximum Gasteiger partial charge on any atom is 0.338 e. The van der Waals surface area contributed by atoms with Crippen LogP contribution in [0.4, 0.5) is 0 Å². The minimum atomic E-state index is -0.347. The van der Waals surface area contributed by atoms with E-state index in [0.29, 0.717) is 30.4 Å². The van der Waals surface area contributed by atoms with Gasteiger partial charge in [0.2, 0.25) is 0 Å². The van der Waals surface area contributed by atoms with E-state index in [1.807, 2.05) is 44.2 Å². The maximum atomic E-state index is 12.5. The Morgan fingerprint density at radius 2 is 1.25 bits per heavy atom. The summed E-state index contributed by atoms with van der Waals surface area (Å²) in [6.07, 6.45) is 3.30. The number of hydrogen-bond donors (Lipinski definition) is 0. The molecule has 4 heteroatoms. The number of carbonyl (C=O) groups excluding carboxylic acids is 2. The van der Waals surface area contributed by atoms with E-state index in [-0.39, 0.29) is 24.1 Å². The Morgan fingerprint density at radius 3 is 1.71 bits per heavy atom. The van der Waals surface area contributed by atoms with Crippen LogP contribution in [0, 0.1) is 0 Å². The molecule has 0 radical (unpaired) electrons. The number of rotatable bonds is 10. The van der Waals surface area contributed by atoms with Crippen molar-refractivity contribution < 1.29 is 19.1 Å². The quantitative estimate of drug-likeness (QED) is 0.502. The fourth-order valence-electron chi connectivity index (χ4n) is 3.00. The first-order valence-electron chi connectivity index (χ1n) is 10.1. The van der Waals surface area contributed by atoms with E-state index in [2.05, 4.69) is 6.92 Å². The van der Waals surface area contributed by atoms with Gasteiger partial charge in [0.15, 0.2) is 0 Å². The van der Waals surface area contributed by atoms with Gasteiger partial charge in [-0.1, -0.05) is 57.5 Å². The summed E-state index contributed by atoms with van der Waals surface area (Å²) < 4.78 is 11.3. The van der Waals surface area contributed by atoms with E-state index in [4.69, 9.17) is 9.47 Å². The summed E-state index contributed by atoms with van der Waals surface area (Å²) in [6.45, 7) is 6.06. The highest BCUT2D eigenvalue weighted by Crippen LogP contribution is 2.17. The third-order valence-electron chi connectivity index (χ3n) is 4.72. The first kappa shape index (κ1) is 21.7. The van der Waals surface area contributed by atoms with Crippen molar-refractivity contribution in [1.82, 2.24) is 0 Å². The van der Waals surface area contributed by atoms with Crippen molar-refractivity contribution in [2.45, 2.75) is 65.1 Å². The third kappa shape index (κ3) is 6.52. The number of ether oxygens (including phenoxy) is 2. The molecule has 2 aromatic carbocycles. The predicted molar refractivity (Wildman–Crippen MR) is 110 cm³/mol. The molecule has 0 aliphatic rings. The Kier molecular flexibility index (Phi) is 8.73. The molecule has 150 valence electrons. The topological polar surface area (TPSA) is 52.6 Å². The molecule has 0 saturated carbocycles. The smallest absolute Gasteiger partial charge is 0.338 e. The van der Waals surface area contributed by atoms with Gasteiger partial charge in [0.25, 0.3) is 0 Å². The van der Waals surface area contributed by atoms with Gasteiger partial charge in [-0.2, -0.15) is 0 Å². The molecule has 0 aromatic heterocycles. The molecule has 0 saturated heterocycles. The SMILES string of the molecule is CCCc1ccc(C(=O)OC(CC)CC(CC)OC(=O)c2ccccc2)cc1. The van der Waals surface area contributed by atoms with Gasteiger partial charge in [0.05, 0.1) is 11.1 Å². The molecule has 2 atom stereocenters. The average molecular weight is 382 g/mol. The Balaban J connectivity index is 1.93. The number of hydrogen-bond acceptors (Lipinski definition) is 4. The van der Waals surface area contributed by atoms with Crippen LogP contribution in [0.3, 0.4) is 0 Å². The molecule has 0 amide bonds. The zero-order valence-corrected chi connectivity index (χ0v) is 17.0. The van der Waals surface area contributed by atoms with Gasteiger partial charge in [-0.05, 0) is 49.1 Å². The molecule has 4 nitrogen and oxygen atoms in total. The lowest BCUT2D eigenvalue weighted by Crippen LogP contribution is -2.27. The molecule has 0 spiro atoms. The van der Waals surface area contributed by atoms with Crippen LogP contribution in [-0.2, 0) is 15.9 Å². The van der Waals surface area contributed by atoms with Crippen LogP contribution in [0.25, 0.3) is 0 Å². The van der Waals surface area contributed by atoms with Crippen LogP contribution < -0.4 is 0 Å². The third-order valence-corrected chi connectivity index (χ3v) is 4.72. The maximum absolute atomic E-state index is 12.5. The van der Waals surface area contributed by atoms with Crippen molar-refractivity contribution in [2.24, 2.45) is 0 Å². The summed E-state index contributed by atoms with van der Waals surface area (Å²) in [5.74, 6) is -0.681. The van der Waals surface area contributed by atoms with E-state index in [0.717, 1.165) is 12.8 Å². The van der Waals surface area contributed by atoms with Gasteiger partial charge in [-0.25, -0.2) is 9.59 Å². The van der Waals surface area contributed by atoms with E-state index in [9.17, 15) is 9.59 Å². The van der Waals surface area contributed by atoms with Crippen molar-refractivity contribution in [1.29, 1.82) is 0 Å². The first-order chi connectivity index (χ1) is 13.6. The highest BCUT2D eigenvalue weighted by molar-refractivity contribution is 5.90. The van der Waals surface area contributed by atoms with E-state index in [1.54, 1.807) is 24.3 Å². The van der Waals surface area contributed by atoms with Gasteiger partial charge < -0.3 is 9.47 Å². The molecule has 28 heavy (non-hydrogen) atoms. The summed E-state index contributed by atoms with van der Waals surface area (Å²) in [5.41, 5.74) is 2.29. The largest absolute Gasteiger partial charge is 0.459 e. The van der Waals surface area contributed by atoms with E-state index in [1.165, 1.54) is 5.56 Å². The van der Waals surface area contributed by atoms with Gasteiger partial charge in [-0.15, -0.1) is 0 Å². The molecule has 0 fully saturated rings. The molecule has 0 aliphatic carbocycles. The average Bonchev–Trinajstić information content (AvgIpc) is 2.73. The molecule has 0 heterocycles. The molecule has 2 unspecified atom stereocenters. The van der Waals surface area contributed by atoms with Crippen LogP contribution in [0.2, 0.25) is 0 Å². The molecule has 2 aromatic rings. The minimum Gasteiger partial charge on any atom is -0.459 e. The van der Waals surface area contributed by atoms with Gasteiger partial charge >= 0.3 is 11.9 Å². The molecule has 2 rings (SSSR count). The zero-order chi connectivity index (χ0) is 20.4. The predicted octanol–water partition coefficient (Wildman–Crippen LogP) is 5.60. The van der Waals surface area contributed by atoms with Crippen LogP contribution in [0.5, 0.6) is 0 Å². The second-order valence-electron chi connectivity index (χ2n) is 6.92. The summed E-state index contributed by atoms with van der Waals surface area (Å²) >= 11 is 0. The van der Waals surface area contributed by atoms with Crippen molar-refractivity contribution in [3.05, 3.63) is 71.3 Å². The lowest BCUT2D eigenvalue weighted by molar-refractivity contribution is -0.00187. The molecule has 0 N–H and O–H groups in total. The Morgan fingerprint density at radius 1 is 0.750 bits per heavy atom. The molecule has 0 bridgehead atoms. The Labute approximate surface area is 167 Å². The second-order valence-corrected chi connectivity index (χ2v) is 6.92. The van der Waals surface area contributed by atoms with E-state index >= 15 is 0 Å². The van der Waals surface area contributed by atoms with Crippen LogP contribution in [0.15, 0.2) is 54.6 Å². The second kappa shape index (κ2) is 11.3. The van der Waals surface area contributed by atoms with Crippen LogP contribution in [0.1, 0.15) is 72.7 Å². The standard InChI is InChI=1S/C24H30O4/c1-4-10-18-13-15-20(16-14-18)24(26)28-22(6-3)17-21(5-2)27-23(25)19-11-8-7-9-12-19/h7-9,11-16,21-22H,4-6,10,17H2,1-3H3. The highest BCUT2D eigenvalue weighted by Gasteiger charge is 2.22. The lowest BCUT2D eigenvalue weighted by Gasteiger charge is -2.22. The van der Waals surface area contributed by atoms with Gasteiger partial charge in [0, 0.05) is 6.42 Å². The summed E-state index contributed by atoms with van der Waals surface area (Å²) in [6, 6.07) is 16.5. The normalized spacial score (nSPS) is 12.8. The minimum absolute atomic E-state index is 0.294. The highest BCUT2D eigenvalue weighted by atomic mass is 16.6. The van der Waals surface area contributed by atoms with Gasteiger partial charge in [0.1, 0.15) is 12.2 Å². The zero-order valence-electron chi connectivity index (χ0n) is 17.0. The first-order valence-corrected chi connectivity index (χ1v) is 10.1. The van der Waals surface area contributed by atoms with Crippen molar-refractivity contribution in [2.75, 3.05) is 0 Å². The Hall–Kier alpha value is -2.62. The van der Waals surface area contributed by atoms with Crippen molar-refractivity contribution >= 4 is 11.9 Å². The Bertz CT molecular complexity index is 737. The summed E-state index contributed by atoms with van der Waals surface area (Å²) in [4.78, 5) is 24.7. The molecular weight excluding hydrogens is 352 g/mol. The summed E-state index contributed by atoms with van der Waals surface area (Å²) in [7, 11) is 0. The number of aryl methyl sites for hydroxylation is 1. The summed E-state index contributed by atoms with van der Waals surface area (Å²) in [5, 5.41) is 0. The monoisotopic (exact) mass is 382 g/mol. The van der Waals surface area contributed by atoms with Crippen molar-refractivity contribution in [3.63, 3.8) is 0 Å². The lowest BCUT2D eigenvalue weighted by atomic mass is 10.1. The van der Waals surface area contributed by atoms with Crippen molar-refractivity contribution in [3.8, 4) is 0 Å². The fraction of sp³-hybridized carbons (Fsp3) is 0.417. The number of esters is 2. The van der Waals surface area contributed by atoms with Crippen LogP contribution in [-0.4, -0.2) is 24.1 Å². The van der Waals surface area contributed by atoms with Gasteiger partial charge in [-0.3, -0.25) is 0 Å². The number of benzene rings is 2. The number of carbonyl (C=O) groups is 2.